The number of anilines is 2. The Morgan fingerprint density at radius 1 is 1.41 bits per heavy atom. The largest absolute Gasteiger partial charge is 0.492 e. The molecule has 0 fully saturated rings. The molecule has 1 unspecified atom stereocenters. The minimum Gasteiger partial charge on any atom is -0.492 e. The molecule has 1 aromatic carbocycles. The molecule has 0 saturated carbocycles. The molecular formula is C18H21FN6O4. The van der Waals surface area contributed by atoms with Crippen LogP contribution in [0.1, 0.15) is 18.5 Å². The molecule has 0 aliphatic carbocycles. The summed E-state index contributed by atoms with van der Waals surface area (Å²) in [6.07, 6.45) is 1.75. The second-order valence-electron chi connectivity index (χ2n) is 6.37. The first kappa shape index (κ1) is 20.3. The molecular weight excluding hydrogens is 383 g/mol. The van der Waals surface area contributed by atoms with Crippen molar-refractivity contribution in [1.29, 1.82) is 0 Å². The van der Waals surface area contributed by atoms with Gasteiger partial charge in [-0.3, -0.25) is 5.32 Å². The molecule has 0 radical (unpaired) electrons. The number of nitrogens with zero attached hydrogens (tertiary/aromatic N) is 3. The van der Waals surface area contributed by atoms with Crippen LogP contribution in [0.25, 0.3) is 5.65 Å². The average Bonchev–Trinajstić information content (AvgIpc) is 3.08. The number of carbonyl (C=O) groups is 1. The summed E-state index contributed by atoms with van der Waals surface area (Å²) >= 11 is 0. The highest BCUT2D eigenvalue weighted by Crippen LogP contribution is 2.29. The lowest BCUT2D eigenvalue weighted by Crippen LogP contribution is -2.31. The number of aliphatic hydroxyl groups excluding tert-OH is 1. The fourth-order valence-electron chi connectivity index (χ4n) is 2.69. The van der Waals surface area contributed by atoms with Crippen LogP contribution in [0.4, 0.5) is 20.7 Å². The number of aliphatic hydroxyl groups is 1. The van der Waals surface area contributed by atoms with Crippen molar-refractivity contribution in [3.63, 3.8) is 0 Å². The van der Waals surface area contributed by atoms with Crippen LogP contribution in [0.3, 0.4) is 0 Å². The summed E-state index contributed by atoms with van der Waals surface area (Å²) in [5.41, 5.74) is 6.75. The predicted octanol–water partition coefficient (Wildman–Crippen LogP) is 1.83. The Labute approximate surface area is 165 Å². The van der Waals surface area contributed by atoms with Crippen LogP contribution in [-0.2, 0) is 0 Å². The Balaban J connectivity index is 1.83. The SMILES string of the molecule is C[C@@H](Nc1ccn2ncc(NC(=O)O)c2n1)c1cc(F)ccc1OCC(N)CO. The Bertz CT molecular complexity index is 1010. The molecule has 2 aromatic heterocycles. The normalized spacial score (nSPS) is 13.1. The molecule has 0 aliphatic heterocycles. The Hall–Kier alpha value is -3.44. The van der Waals surface area contributed by atoms with Crippen LogP contribution in [0.15, 0.2) is 36.7 Å². The summed E-state index contributed by atoms with van der Waals surface area (Å²) in [5, 5.41) is 27.3. The number of amides is 1. The number of benzene rings is 1. The van der Waals surface area contributed by atoms with Crippen LogP contribution in [-0.4, -0.2) is 50.2 Å². The van der Waals surface area contributed by atoms with E-state index in [1.807, 2.05) is 0 Å². The minimum absolute atomic E-state index is 0.0755. The zero-order valence-electron chi connectivity index (χ0n) is 15.5. The van der Waals surface area contributed by atoms with Gasteiger partial charge in [0, 0.05) is 11.8 Å². The van der Waals surface area contributed by atoms with Crippen molar-refractivity contribution in [1.82, 2.24) is 14.6 Å². The Kier molecular flexibility index (Phi) is 6.10. The third-order valence-electron chi connectivity index (χ3n) is 4.10. The first-order valence-electron chi connectivity index (χ1n) is 8.77. The topological polar surface area (TPSA) is 147 Å². The minimum atomic E-state index is -1.23. The van der Waals surface area contributed by atoms with Gasteiger partial charge < -0.3 is 26.0 Å². The van der Waals surface area contributed by atoms with Crippen LogP contribution >= 0.6 is 0 Å². The van der Waals surface area contributed by atoms with Crippen molar-refractivity contribution in [2.75, 3.05) is 23.8 Å². The van der Waals surface area contributed by atoms with E-state index in [1.54, 1.807) is 19.2 Å². The van der Waals surface area contributed by atoms with Gasteiger partial charge in [0.15, 0.2) is 5.65 Å². The first-order chi connectivity index (χ1) is 13.9. The van der Waals surface area contributed by atoms with E-state index >= 15 is 0 Å². The molecule has 0 aliphatic rings. The number of aromatic nitrogens is 3. The number of halogens is 1. The molecule has 6 N–H and O–H groups in total. The third-order valence-corrected chi connectivity index (χ3v) is 4.10. The van der Waals surface area contributed by atoms with Gasteiger partial charge in [-0.05, 0) is 31.2 Å². The van der Waals surface area contributed by atoms with Gasteiger partial charge in [-0.25, -0.2) is 18.7 Å². The monoisotopic (exact) mass is 404 g/mol. The molecule has 0 saturated heterocycles. The first-order valence-corrected chi connectivity index (χ1v) is 8.77. The van der Waals surface area contributed by atoms with Gasteiger partial charge in [0.2, 0.25) is 0 Å². The van der Waals surface area contributed by atoms with E-state index in [9.17, 15) is 9.18 Å². The second kappa shape index (κ2) is 8.71. The van der Waals surface area contributed by atoms with Gasteiger partial charge >= 0.3 is 6.09 Å². The average molecular weight is 404 g/mol. The number of fused-ring (bicyclic) bond motifs is 1. The van der Waals surface area contributed by atoms with Crippen molar-refractivity contribution in [2.45, 2.75) is 19.0 Å². The number of hydrogen-bond donors (Lipinski definition) is 5. The summed E-state index contributed by atoms with van der Waals surface area (Å²) in [4.78, 5) is 15.3. The lowest BCUT2D eigenvalue weighted by atomic mass is 10.1. The number of ether oxygens (including phenoxy) is 1. The molecule has 11 heteroatoms. The molecule has 3 rings (SSSR count). The maximum Gasteiger partial charge on any atom is 0.409 e. The molecule has 0 bridgehead atoms. The zero-order chi connectivity index (χ0) is 21.0. The van der Waals surface area contributed by atoms with Crippen LogP contribution in [0, 0.1) is 5.82 Å². The standard InChI is InChI=1S/C18H21FN6O4/c1-10(13-6-11(19)2-3-15(13)29-9-12(20)8-26)22-16-4-5-25-17(24-16)14(7-21-25)23-18(27)28/h2-7,10,12,23,26H,8-9,20H2,1H3,(H,22,24)(H,27,28)/t10-,12?/m1/s1. The molecule has 2 heterocycles. The smallest absolute Gasteiger partial charge is 0.409 e. The van der Waals surface area contributed by atoms with Crippen molar-refractivity contribution in [3.8, 4) is 5.75 Å². The number of hydrogen-bond acceptors (Lipinski definition) is 7. The van der Waals surface area contributed by atoms with E-state index in [0.29, 0.717) is 22.8 Å². The number of rotatable bonds is 8. The van der Waals surface area contributed by atoms with Crippen molar-refractivity contribution in [3.05, 3.63) is 48.0 Å². The highest BCUT2D eigenvalue weighted by atomic mass is 19.1. The number of nitrogens with one attached hydrogen (secondary N) is 2. The summed E-state index contributed by atoms with van der Waals surface area (Å²) in [5.74, 6) is 0.426. The quantitative estimate of drug-likeness (QED) is 0.382. The lowest BCUT2D eigenvalue weighted by Gasteiger charge is -2.20. The van der Waals surface area contributed by atoms with E-state index in [1.165, 1.54) is 28.9 Å². The van der Waals surface area contributed by atoms with Crippen LogP contribution in [0.2, 0.25) is 0 Å². The van der Waals surface area contributed by atoms with E-state index in [2.05, 4.69) is 20.7 Å². The Morgan fingerprint density at radius 2 is 2.21 bits per heavy atom. The molecule has 3 aromatic rings. The maximum atomic E-state index is 13.8. The van der Waals surface area contributed by atoms with E-state index in [-0.39, 0.29) is 18.9 Å². The molecule has 154 valence electrons. The van der Waals surface area contributed by atoms with E-state index < -0.39 is 24.0 Å². The number of nitrogens with two attached hydrogens (primary N) is 1. The highest BCUT2D eigenvalue weighted by molar-refractivity contribution is 5.88. The summed E-state index contributed by atoms with van der Waals surface area (Å²) in [6, 6.07) is 4.81. The lowest BCUT2D eigenvalue weighted by molar-refractivity contribution is 0.205. The van der Waals surface area contributed by atoms with Crippen molar-refractivity contribution >= 4 is 23.2 Å². The number of carboxylic acid groups (broad SMARTS) is 1. The van der Waals surface area contributed by atoms with Gasteiger partial charge in [0.05, 0.1) is 24.9 Å². The maximum absolute atomic E-state index is 13.8. The predicted molar refractivity (Wildman–Crippen MR) is 104 cm³/mol. The van der Waals surface area contributed by atoms with Gasteiger partial charge in [-0.2, -0.15) is 5.10 Å². The highest BCUT2D eigenvalue weighted by Gasteiger charge is 2.16. The molecule has 2 atom stereocenters. The van der Waals surface area contributed by atoms with Gasteiger partial charge in [-0.1, -0.05) is 0 Å². The third kappa shape index (κ3) is 4.89. The van der Waals surface area contributed by atoms with Gasteiger partial charge in [0.25, 0.3) is 0 Å². The molecule has 29 heavy (non-hydrogen) atoms. The molecule has 0 spiro atoms. The fourth-order valence-corrected chi connectivity index (χ4v) is 2.69. The molecule has 1 amide bonds. The van der Waals surface area contributed by atoms with Crippen molar-refractivity contribution in [2.24, 2.45) is 5.73 Å². The summed E-state index contributed by atoms with van der Waals surface area (Å²) < 4.78 is 20.9. The van der Waals surface area contributed by atoms with Gasteiger partial charge in [-0.15, -0.1) is 0 Å². The van der Waals surface area contributed by atoms with E-state index in [4.69, 9.17) is 20.7 Å². The zero-order valence-corrected chi connectivity index (χ0v) is 15.5. The van der Waals surface area contributed by atoms with Gasteiger partial charge in [0.1, 0.15) is 29.7 Å². The molecule has 10 nitrogen and oxygen atoms in total. The fraction of sp³-hybridized carbons (Fsp3) is 0.278. The summed E-state index contributed by atoms with van der Waals surface area (Å²) in [7, 11) is 0. The van der Waals surface area contributed by atoms with Crippen LogP contribution < -0.4 is 21.1 Å². The second-order valence-corrected chi connectivity index (χ2v) is 6.37. The van der Waals surface area contributed by atoms with E-state index in [0.717, 1.165) is 0 Å². The van der Waals surface area contributed by atoms with Crippen LogP contribution in [0.5, 0.6) is 5.75 Å². The Morgan fingerprint density at radius 3 is 2.93 bits per heavy atom. The van der Waals surface area contributed by atoms with Crippen molar-refractivity contribution < 1.29 is 24.1 Å². The summed E-state index contributed by atoms with van der Waals surface area (Å²) in [6.45, 7) is 1.64.